The lowest BCUT2D eigenvalue weighted by Gasteiger charge is -2.33. The van der Waals surface area contributed by atoms with E-state index in [1.807, 2.05) is 32.3 Å². The number of amides is 1. The van der Waals surface area contributed by atoms with Gasteiger partial charge in [-0.3, -0.25) is 9.78 Å². The third kappa shape index (κ3) is 2.09. The molecule has 1 aromatic rings. The van der Waals surface area contributed by atoms with Gasteiger partial charge in [0.1, 0.15) is 0 Å². The predicted molar refractivity (Wildman–Crippen MR) is 58.8 cm³/mol. The average molecular weight is 205 g/mol. The lowest BCUT2D eigenvalue weighted by Crippen LogP contribution is -2.48. The molecular formula is C11H15N3O. The molecule has 15 heavy (non-hydrogen) atoms. The van der Waals surface area contributed by atoms with Crippen LogP contribution in [0.2, 0.25) is 0 Å². The lowest BCUT2D eigenvalue weighted by atomic mass is 10.2. The molecule has 0 unspecified atom stereocenters. The van der Waals surface area contributed by atoms with E-state index >= 15 is 0 Å². The van der Waals surface area contributed by atoms with E-state index in [1.54, 1.807) is 4.90 Å². The maximum absolute atomic E-state index is 11.5. The van der Waals surface area contributed by atoms with Crippen LogP contribution in [0.25, 0.3) is 0 Å². The molecule has 0 saturated carbocycles. The summed E-state index contributed by atoms with van der Waals surface area (Å²) < 4.78 is 0. The van der Waals surface area contributed by atoms with Gasteiger partial charge in [0.25, 0.3) is 0 Å². The minimum atomic E-state index is 0.168. The van der Waals surface area contributed by atoms with Gasteiger partial charge in [-0.05, 0) is 19.1 Å². The van der Waals surface area contributed by atoms with E-state index in [4.69, 9.17) is 0 Å². The Hall–Kier alpha value is -1.58. The fourth-order valence-electron chi connectivity index (χ4n) is 1.63. The molecule has 0 N–H and O–H groups in total. The summed E-state index contributed by atoms with van der Waals surface area (Å²) in [5.41, 5.74) is 2.03. The molecule has 2 heterocycles. The Morgan fingerprint density at radius 2 is 2.13 bits per heavy atom. The van der Waals surface area contributed by atoms with Gasteiger partial charge >= 0.3 is 0 Å². The first kappa shape index (κ1) is 9.96. The Morgan fingerprint density at radius 1 is 1.33 bits per heavy atom. The molecule has 80 valence electrons. The van der Waals surface area contributed by atoms with E-state index in [0.29, 0.717) is 6.54 Å². The summed E-state index contributed by atoms with van der Waals surface area (Å²) in [5.74, 6) is 0.168. The molecule has 2 rings (SSSR count). The van der Waals surface area contributed by atoms with Crippen molar-refractivity contribution in [2.75, 3.05) is 31.6 Å². The number of pyridine rings is 1. The van der Waals surface area contributed by atoms with Gasteiger partial charge in [0.2, 0.25) is 5.91 Å². The molecule has 4 heteroatoms. The summed E-state index contributed by atoms with van der Waals surface area (Å²) in [5, 5.41) is 0. The van der Waals surface area contributed by atoms with Gasteiger partial charge in [0.05, 0.1) is 18.4 Å². The molecule has 1 aliphatic heterocycles. The van der Waals surface area contributed by atoms with Gasteiger partial charge in [0.15, 0.2) is 0 Å². The molecular weight excluding hydrogens is 190 g/mol. The van der Waals surface area contributed by atoms with Crippen LogP contribution >= 0.6 is 0 Å². The molecule has 0 radical (unpaired) electrons. The van der Waals surface area contributed by atoms with Gasteiger partial charge in [-0.2, -0.15) is 0 Å². The summed E-state index contributed by atoms with van der Waals surface area (Å²) in [6.45, 7) is 4.08. The first-order valence-electron chi connectivity index (χ1n) is 5.08. The van der Waals surface area contributed by atoms with Crippen molar-refractivity contribution in [1.82, 2.24) is 9.88 Å². The highest BCUT2D eigenvalue weighted by Gasteiger charge is 2.20. The van der Waals surface area contributed by atoms with E-state index < -0.39 is 0 Å². The van der Waals surface area contributed by atoms with Crippen molar-refractivity contribution >= 4 is 11.6 Å². The Balaban J connectivity index is 2.12. The molecule has 1 amide bonds. The molecule has 0 bridgehead atoms. The van der Waals surface area contributed by atoms with Gasteiger partial charge in [0, 0.05) is 25.8 Å². The van der Waals surface area contributed by atoms with E-state index in [2.05, 4.69) is 9.88 Å². The van der Waals surface area contributed by atoms with Crippen LogP contribution in [0.15, 0.2) is 18.3 Å². The van der Waals surface area contributed by atoms with E-state index in [0.717, 1.165) is 24.5 Å². The Morgan fingerprint density at radius 3 is 2.73 bits per heavy atom. The number of carbonyl (C=O) groups is 1. The summed E-state index contributed by atoms with van der Waals surface area (Å²) >= 11 is 0. The number of hydrogen-bond donors (Lipinski definition) is 0. The quantitative estimate of drug-likeness (QED) is 0.676. The number of carbonyl (C=O) groups excluding carboxylic acids is 1. The van der Waals surface area contributed by atoms with Gasteiger partial charge in [-0.15, -0.1) is 0 Å². The number of hydrogen-bond acceptors (Lipinski definition) is 3. The van der Waals surface area contributed by atoms with Crippen LogP contribution in [-0.2, 0) is 4.79 Å². The third-order valence-electron chi connectivity index (χ3n) is 2.72. The Kier molecular flexibility index (Phi) is 2.58. The number of likely N-dealkylation sites (N-methyl/N-ethyl adjacent to an activating group) is 1. The van der Waals surface area contributed by atoms with Crippen LogP contribution in [-0.4, -0.2) is 42.5 Å². The van der Waals surface area contributed by atoms with Crippen molar-refractivity contribution in [3.8, 4) is 0 Å². The molecule has 4 nitrogen and oxygen atoms in total. The Bertz CT molecular complexity index is 361. The molecule has 0 aromatic carbocycles. The summed E-state index contributed by atoms with van der Waals surface area (Å²) in [7, 11) is 1.84. The van der Waals surface area contributed by atoms with Crippen LogP contribution in [0, 0.1) is 6.92 Å². The fraction of sp³-hybridized carbons (Fsp3) is 0.455. The van der Waals surface area contributed by atoms with Crippen LogP contribution in [0.1, 0.15) is 5.69 Å². The van der Waals surface area contributed by atoms with Gasteiger partial charge < -0.3 is 9.80 Å². The molecule has 0 spiro atoms. The van der Waals surface area contributed by atoms with Crippen molar-refractivity contribution in [3.63, 3.8) is 0 Å². The number of anilines is 1. The maximum Gasteiger partial charge on any atom is 0.241 e. The maximum atomic E-state index is 11.5. The SMILES string of the molecule is Cc1ccc(N2CCN(C)C(=O)C2)cn1. The molecule has 1 fully saturated rings. The van der Waals surface area contributed by atoms with Crippen molar-refractivity contribution in [3.05, 3.63) is 24.0 Å². The van der Waals surface area contributed by atoms with Crippen molar-refractivity contribution in [2.45, 2.75) is 6.92 Å². The molecule has 0 aliphatic carbocycles. The predicted octanol–water partition coefficient (Wildman–Crippen LogP) is 0.668. The largest absolute Gasteiger partial charge is 0.359 e. The van der Waals surface area contributed by atoms with Crippen LogP contribution in [0.3, 0.4) is 0 Å². The van der Waals surface area contributed by atoms with Crippen LogP contribution in [0.4, 0.5) is 5.69 Å². The zero-order valence-electron chi connectivity index (χ0n) is 9.10. The highest BCUT2D eigenvalue weighted by molar-refractivity contribution is 5.82. The number of aryl methyl sites for hydroxylation is 1. The first-order valence-corrected chi connectivity index (χ1v) is 5.08. The van der Waals surface area contributed by atoms with Gasteiger partial charge in [-0.1, -0.05) is 0 Å². The van der Waals surface area contributed by atoms with Crippen LogP contribution < -0.4 is 4.90 Å². The minimum absolute atomic E-state index is 0.168. The van der Waals surface area contributed by atoms with Gasteiger partial charge in [-0.25, -0.2) is 0 Å². The first-order chi connectivity index (χ1) is 7.16. The monoisotopic (exact) mass is 205 g/mol. The second-order valence-corrected chi connectivity index (χ2v) is 3.89. The normalized spacial score (nSPS) is 17.1. The van der Waals surface area contributed by atoms with Crippen molar-refractivity contribution in [1.29, 1.82) is 0 Å². The standard InChI is InChI=1S/C11H15N3O/c1-9-3-4-10(7-12-9)14-6-5-13(2)11(15)8-14/h3-4,7H,5-6,8H2,1-2H3. The highest BCUT2D eigenvalue weighted by atomic mass is 16.2. The summed E-state index contributed by atoms with van der Waals surface area (Å²) in [6.07, 6.45) is 1.83. The van der Waals surface area contributed by atoms with E-state index in [-0.39, 0.29) is 5.91 Å². The summed E-state index contributed by atoms with van der Waals surface area (Å²) in [4.78, 5) is 19.6. The third-order valence-corrected chi connectivity index (χ3v) is 2.72. The number of aromatic nitrogens is 1. The van der Waals surface area contributed by atoms with Crippen LogP contribution in [0.5, 0.6) is 0 Å². The zero-order valence-corrected chi connectivity index (χ0v) is 9.10. The van der Waals surface area contributed by atoms with Crippen molar-refractivity contribution in [2.24, 2.45) is 0 Å². The topological polar surface area (TPSA) is 36.4 Å². The molecule has 1 aromatic heterocycles. The Labute approximate surface area is 89.5 Å². The number of piperazine rings is 1. The van der Waals surface area contributed by atoms with E-state index in [1.165, 1.54) is 0 Å². The number of nitrogens with zero attached hydrogens (tertiary/aromatic N) is 3. The van der Waals surface area contributed by atoms with E-state index in [9.17, 15) is 4.79 Å². The second kappa shape index (κ2) is 3.88. The number of rotatable bonds is 1. The summed E-state index contributed by atoms with van der Waals surface area (Å²) in [6, 6.07) is 3.99. The van der Waals surface area contributed by atoms with Crippen molar-refractivity contribution < 1.29 is 4.79 Å². The highest BCUT2D eigenvalue weighted by Crippen LogP contribution is 2.15. The molecule has 0 atom stereocenters. The smallest absolute Gasteiger partial charge is 0.241 e. The molecule has 1 aliphatic rings. The fourth-order valence-corrected chi connectivity index (χ4v) is 1.63. The average Bonchev–Trinajstić information content (AvgIpc) is 2.23. The lowest BCUT2D eigenvalue weighted by molar-refractivity contribution is -0.129. The second-order valence-electron chi connectivity index (χ2n) is 3.89. The minimum Gasteiger partial charge on any atom is -0.359 e. The zero-order chi connectivity index (χ0) is 10.8. The molecule has 1 saturated heterocycles.